The fourth-order valence-electron chi connectivity index (χ4n) is 3.17. The van der Waals surface area contributed by atoms with Crippen molar-refractivity contribution in [1.82, 2.24) is 0 Å². The van der Waals surface area contributed by atoms with E-state index in [0.717, 1.165) is 0 Å². The third-order valence-electron chi connectivity index (χ3n) is 4.57. The van der Waals surface area contributed by atoms with Crippen LogP contribution < -0.4 is 0 Å². The Hall–Kier alpha value is -2.26. The average molecular weight is 425 g/mol. The van der Waals surface area contributed by atoms with Crippen LogP contribution in [0.15, 0.2) is 59.3 Å². The molecule has 4 heteroatoms. The van der Waals surface area contributed by atoms with Crippen LogP contribution in [0.2, 0.25) is 0 Å². The molecule has 0 unspecified atom stereocenters. The fourth-order valence-corrected chi connectivity index (χ4v) is 5.42. The van der Waals surface area contributed by atoms with Gasteiger partial charge in [-0.05, 0) is 55.6 Å². The molecule has 0 saturated carbocycles. The molecule has 152 valence electrons. The summed E-state index contributed by atoms with van der Waals surface area (Å²) in [5.41, 5.74) is 3.43. The van der Waals surface area contributed by atoms with E-state index in [1.807, 2.05) is 22.7 Å². The van der Waals surface area contributed by atoms with Crippen molar-refractivity contribution in [2.75, 3.05) is 0 Å². The van der Waals surface area contributed by atoms with Gasteiger partial charge in [0.15, 0.2) is 0 Å². The maximum atomic E-state index is 8.12. The van der Waals surface area contributed by atoms with Crippen LogP contribution in [-0.4, -0.2) is 6.15 Å². The van der Waals surface area contributed by atoms with Gasteiger partial charge in [-0.15, -0.1) is 22.7 Å². The van der Waals surface area contributed by atoms with Gasteiger partial charge in [-0.2, -0.15) is 9.59 Å². The van der Waals surface area contributed by atoms with Gasteiger partial charge in [-0.1, -0.05) is 77.9 Å². The van der Waals surface area contributed by atoms with Crippen LogP contribution in [0.1, 0.15) is 52.7 Å². The van der Waals surface area contributed by atoms with Crippen molar-refractivity contribution in [3.8, 4) is 0 Å². The van der Waals surface area contributed by atoms with E-state index in [9.17, 15) is 0 Å². The number of benzene rings is 2. The number of hydrogen-bond donors (Lipinski definition) is 0. The minimum Gasteiger partial charge on any atom is -0.186 e. The first kappa shape index (κ1) is 23.0. The molecule has 0 aliphatic heterocycles. The molecule has 0 aliphatic rings. The molecule has 2 aromatic heterocycles. The summed E-state index contributed by atoms with van der Waals surface area (Å²) in [5.74, 6) is 0. The lowest BCUT2D eigenvalue weighted by atomic mass is 9.86. The zero-order valence-corrected chi connectivity index (χ0v) is 19.5. The number of hydrogen-bond acceptors (Lipinski definition) is 4. The van der Waals surface area contributed by atoms with Gasteiger partial charge in [0.2, 0.25) is 0 Å². The normalized spacial score (nSPS) is 11.2. The highest BCUT2D eigenvalue weighted by atomic mass is 32.1. The molecule has 0 amide bonds. The molecular formula is C25H28O2S2. The number of rotatable bonds is 0. The summed E-state index contributed by atoms with van der Waals surface area (Å²) in [6.45, 7) is 13.6. The van der Waals surface area contributed by atoms with Crippen molar-refractivity contribution >= 4 is 49.0 Å². The van der Waals surface area contributed by atoms with Gasteiger partial charge in [0.1, 0.15) is 0 Å². The number of thiophene rings is 2. The first-order valence-electron chi connectivity index (χ1n) is 9.52. The van der Waals surface area contributed by atoms with Gasteiger partial charge in [0.25, 0.3) is 0 Å². The summed E-state index contributed by atoms with van der Waals surface area (Å²) in [5, 5.41) is 7.08. The fraction of sp³-hybridized carbons (Fsp3) is 0.320. The minimum atomic E-state index is 0.250. The second-order valence-electron chi connectivity index (χ2n) is 8.87. The SMILES string of the molecule is CC(C)(C)c1cccc2ccsc12.CC(C)(C)c1cccc2ccsc12.O=C=O. The summed E-state index contributed by atoms with van der Waals surface area (Å²) in [7, 11) is 0. The van der Waals surface area contributed by atoms with E-state index in [1.165, 1.54) is 31.3 Å². The summed E-state index contributed by atoms with van der Waals surface area (Å²) in [4.78, 5) is 16.2. The Morgan fingerprint density at radius 3 is 1.28 bits per heavy atom. The third kappa shape index (κ3) is 5.86. The van der Waals surface area contributed by atoms with Gasteiger partial charge < -0.3 is 0 Å². The highest BCUT2D eigenvalue weighted by Gasteiger charge is 2.17. The second-order valence-corrected chi connectivity index (χ2v) is 10.7. The smallest absolute Gasteiger partial charge is 0.186 e. The molecule has 2 nitrogen and oxygen atoms in total. The van der Waals surface area contributed by atoms with Crippen molar-refractivity contribution in [3.05, 3.63) is 70.4 Å². The van der Waals surface area contributed by atoms with Crippen LogP contribution in [0, 0.1) is 0 Å². The van der Waals surface area contributed by atoms with Gasteiger partial charge in [0.05, 0.1) is 0 Å². The Balaban J connectivity index is 0.000000183. The molecule has 0 aliphatic carbocycles. The summed E-state index contributed by atoms with van der Waals surface area (Å²) >= 11 is 3.68. The quantitative estimate of drug-likeness (QED) is 0.288. The van der Waals surface area contributed by atoms with E-state index in [2.05, 4.69) is 101 Å². The lowest BCUT2D eigenvalue weighted by Gasteiger charge is -2.19. The highest BCUT2D eigenvalue weighted by molar-refractivity contribution is 7.17. The molecule has 29 heavy (non-hydrogen) atoms. The summed E-state index contributed by atoms with van der Waals surface area (Å²) in [6.07, 6.45) is 0.250. The van der Waals surface area contributed by atoms with E-state index < -0.39 is 0 Å². The predicted molar refractivity (Wildman–Crippen MR) is 126 cm³/mol. The minimum absolute atomic E-state index is 0.250. The lowest BCUT2D eigenvalue weighted by molar-refractivity contribution is -0.191. The van der Waals surface area contributed by atoms with Crippen molar-refractivity contribution in [3.63, 3.8) is 0 Å². The molecule has 0 saturated heterocycles. The maximum absolute atomic E-state index is 8.12. The predicted octanol–water partition coefficient (Wildman–Crippen LogP) is 7.81. The lowest BCUT2D eigenvalue weighted by Crippen LogP contribution is -2.10. The van der Waals surface area contributed by atoms with E-state index in [-0.39, 0.29) is 17.0 Å². The first-order valence-corrected chi connectivity index (χ1v) is 11.3. The first-order chi connectivity index (χ1) is 13.6. The Morgan fingerprint density at radius 1 is 0.621 bits per heavy atom. The molecular weight excluding hydrogens is 396 g/mol. The highest BCUT2D eigenvalue weighted by Crippen LogP contribution is 2.34. The topological polar surface area (TPSA) is 34.1 Å². The largest absolute Gasteiger partial charge is 0.373 e. The van der Waals surface area contributed by atoms with E-state index in [1.54, 1.807) is 0 Å². The Morgan fingerprint density at radius 2 is 0.966 bits per heavy atom. The van der Waals surface area contributed by atoms with Crippen LogP contribution >= 0.6 is 22.7 Å². The van der Waals surface area contributed by atoms with E-state index >= 15 is 0 Å². The molecule has 2 heterocycles. The van der Waals surface area contributed by atoms with Crippen molar-refractivity contribution in [2.24, 2.45) is 0 Å². The molecule has 0 bridgehead atoms. The maximum Gasteiger partial charge on any atom is 0.373 e. The van der Waals surface area contributed by atoms with Crippen molar-refractivity contribution < 1.29 is 9.59 Å². The summed E-state index contributed by atoms with van der Waals surface area (Å²) in [6, 6.07) is 17.5. The van der Waals surface area contributed by atoms with E-state index in [0.29, 0.717) is 0 Å². The molecule has 2 aromatic carbocycles. The Labute approximate surface area is 181 Å². The van der Waals surface area contributed by atoms with Crippen LogP contribution in [0.5, 0.6) is 0 Å². The zero-order chi connectivity index (χ0) is 21.7. The standard InChI is InChI=1S/2C12H14S.CO2/c2*1-12(2,3)10-6-4-5-9-7-8-13-11(9)10;2-1-3/h2*4-8H,1-3H3;. The molecule has 4 aromatic rings. The number of carbonyl (C=O) groups excluding carboxylic acids is 2. The summed E-state index contributed by atoms with van der Waals surface area (Å²) < 4.78 is 2.88. The van der Waals surface area contributed by atoms with Crippen molar-refractivity contribution in [2.45, 2.75) is 52.4 Å². The van der Waals surface area contributed by atoms with Gasteiger partial charge >= 0.3 is 6.15 Å². The van der Waals surface area contributed by atoms with Crippen LogP contribution in [-0.2, 0) is 20.4 Å². The molecule has 0 atom stereocenters. The number of fused-ring (bicyclic) bond motifs is 2. The molecule has 4 rings (SSSR count). The Kier molecular flexibility index (Phi) is 7.54. The molecule has 0 fully saturated rings. The molecule has 0 N–H and O–H groups in total. The molecule has 0 radical (unpaired) electrons. The van der Waals surface area contributed by atoms with Crippen LogP contribution in [0.3, 0.4) is 0 Å². The Bertz CT molecular complexity index is 1010. The van der Waals surface area contributed by atoms with Crippen molar-refractivity contribution in [1.29, 1.82) is 0 Å². The second kappa shape index (κ2) is 9.49. The third-order valence-corrected chi connectivity index (χ3v) is 6.50. The van der Waals surface area contributed by atoms with Gasteiger partial charge in [-0.25, -0.2) is 0 Å². The van der Waals surface area contributed by atoms with Gasteiger partial charge in [0, 0.05) is 9.40 Å². The van der Waals surface area contributed by atoms with Gasteiger partial charge in [-0.3, -0.25) is 0 Å². The average Bonchev–Trinajstić information content (AvgIpc) is 3.29. The monoisotopic (exact) mass is 424 g/mol. The van der Waals surface area contributed by atoms with Crippen LogP contribution in [0.25, 0.3) is 20.2 Å². The zero-order valence-electron chi connectivity index (χ0n) is 17.9. The van der Waals surface area contributed by atoms with Crippen LogP contribution in [0.4, 0.5) is 0 Å². The van der Waals surface area contributed by atoms with E-state index in [4.69, 9.17) is 9.59 Å². The molecule has 0 spiro atoms.